The largest absolute Gasteiger partial charge is 0.255 e. The van der Waals surface area contributed by atoms with Crippen molar-refractivity contribution in [2.75, 3.05) is 0 Å². The van der Waals surface area contributed by atoms with Crippen LogP contribution in [0.2, 0.25) is 0 Å². The van der Waals surface area contributed by atoms with E-state index < -0.39 is 0 Å². The summed E-state index contributed by atoms with van der Waals surface area (Å²) in [6.45, 7) is 4.42. The summed E-state index contributed by atoms with van der Waals surface area (Å²) < 4.78 is 0. The van der Waals surface area contributed by atoms with E-state index in [-0.39, 0.29) is 0 Å². The van der Waals surface area contributed by atoms with E-state index in [1.165, 1.54) is 32.7 Å². The van der Waals surface area contributed by atoms with Crippen LogP contribution in [0.15, 0.2) is 121 Å². The number of aromatic nitrogens is 4. The summed E-state index contributed by atoms with van der Waals surface area (Å²) in [5, 5.41) is 5.13. The SMILES string of the molecule is Cc1c(C)c2cc(-c3ccc(-c4nc(-c5ccccc5)nc(-c5ccccc5)n4)cn3)ccc2c2ccccc12. The molecule has 4 heteroatoms. The average Bonchev–Trinajstić information content (AvgIpc) is 3.04. The fraction of sp³-hybridized carbons (Fsp3) is 0.0556. The van der Waals surface area contributed by atoms with E-state index in [1.54, 1.807) is 0 Å². The van der Waals surface area contributed by atoms with Gasteiger partial charge in [0.25, 0.3) is 0 Å². The summed E-state index contributed by atoms with van der Waals surface area (Å²) in [7, 11) is 0. The molecule has 0 spiro atoms. The third-order valence-corrected chi connectivity index (χ3v) is 7.62. The van der Waals surface area contributed by atoms with Gasteiger partial charge in [0.1, 0.15) is 0 Å². The lowest BCUT2D eigenvalue weighted by atomic mass is 9.91. The summed E-state index contributed by atoms with van der Waals surface area (Å²) in [6.07, 6.45) is 1.86. The van der Waals surface area contributed by atoms with Crippen LogP contribution in [0.3, 0.4) is 0 Å². The van der Waals surface area contributed by atoms with Crippen LogP contribution in [0.4, 0.5) is 0 Å². The predicted octanol–water partition coefficient (Wildman–Crippen LogP) is 8.86. The third-order valence-electron chi connectivity index (χ3n) is 7.62. The zero-order valence-corrected chi connectivity index (χ0v) is 22.3. The average molecular weight is 515 g/mol. The molecular weight excluding hydrogens is 488 g/mol. The first-order valence-corrected chi connectivity index (χ1v) is 13.4. The molecule has 0 N–H and O–H groups in total. The van der Waals surface area contributed by atoms with Gasteiger partial charge in [-0.1, -0.05) is 97.1 Å². The van der Waals surface area contributed by atoms with Gasteiger partial charge < -0.3 is 0 Å². The van der Waals surface area contributed by atoms with Crippen molar-refractivity contribution in [3.8, 4) is 45.4 Å². The summed E-state index contributed by atoms with van der Waals surface area (Å²) in [6, 6.07) is 39.4. The van der Waals surface area contributed by atoms with Gasteiger partial charge in [0, 0.05) is 28.5 Å². The van der Waals surface area contributed by atoms with Gasteiger partial charge in [0.2, 0.25) is 0 Å². The molecule has 0 fully saturated rings. The van der Waals surface area contributed by atoms with Gasteiger partial charge >= 0.3 is 0 Å². The first kappa shape index (κ1) is 23.9. The van der Waals surface area contributed by atoms with E-state index in [1.807, 2.05) is 79.0 Å². The highest BCUT2D eigenvalue weighted by Crippen LogP contribution is 2.35. The Bertz CT molecular complexity index is 1940. The molecule has 0 bridgehead atoms. The molecule has 0 radical (unpaired) electrons. The van der Waals surface area contributed by atoms with Crippen LogP contribution in [0.5, 0.6) is 0 Å². The lowest BCUT2D eigenvalue weighted by Gasteiger charge is -2.13. The third kappa shape index (κ3) is 4.20. The quantitative estimate of drug-likeness (QED) is 0.220. The second-order valence-electron chi connectivity index (χ2n) is 10.0. The Morgan fingerprint density at radius 1 is 0.400 bits per heavy atom. The van der Waals surface area contributed by atoms with Crippen molar-refractivity contribution in [1.82, 2.24) is 19.9 Å². The maximum Gasteiger partial charge on any atom is 0.165 e. The molecule has 7 rings (SSSR count). The number of hydrogen-bond acceptors (Lipinski definition) is 4. The van der Waals surface area contributed by atoms with Gasteiger partial charge in [0.05, 0.1) is 5.69 Å². The lowest BCUT2D eigenvalue weighted by Crippen LogP contribution is -2.00. The maximum absolute atomic E-state index is 4.85. The van der Waals surface area contributed by atoms with Crippen molar-refractivity contribution in [2.45, 2.75) is 13.8 Å². The van der Waals surface area contributed by atoms with E-state index in [2.05, 4.69) is 56.3 Å². The summed E-state index contributed by atoms with van der Waals surface area (Å²) in [5.41, 5.74) is 7.36. The Balaban J connectivity index is 1.31. The molecule has 0 amide bonds. The van der Waals surface area contributed by atoms with Crippen LogP contribution < -0.4 is 0 Å². The van der Waals surface area contributed by atoms with Crippen molar-refractivity contribution in [3.63, 3.8) is 0 Å². The van der Waals surface area contributed by atoms with Crippen LogP contribution in [-0.4, -0.2) is 19.9 Å². The number of hydrogen-bond donors (Lipinski definition) is 0. The fourth-order valence-electron chi connectivity index (χ4n) is 5.33. The first-order valence-electron chi connectivity index (χ1n) is 13.4. The van der Waals surface area contributed by atoms with Crippen molar-refractivity contribution in [1.29, 1.82) is 0 Å². The number of pyridine rings is 1. The molecule has 0 aliphatic carbocycles. The first-order chi connectivity index (χ1) is 19.7. The minimum Gasteiger partial charge on any atom is -0.255 e. The van der Waals surface area contributed by atoms with E-state index in [9.17, 15) is 0 Å². The topological polar surface area (TPSA) is 51.6 Å². The number of benzene rings is 5. The van der Waals surface area contributed by atoms with E-state index in [0.717, 1.165) is 27.9 Å². The molecular formula is C36H26N4. The molecule has 0 saturated carbocycles. The highest BCUT2D eigenvalue weighted by Gasteiger charge is 2.14. The second kappa shape index (κ2) is 9.83. The molecule has 0 saturated heterocycles. The summed E-state index contributed by atoms with van der Waals surface area (Å²) in [5.74, 6) is 1.88. The Morgan fingerprint density at radius 3 is 1.50 bits per heavy atom. The normalized spacial score (nSPS) is 11.2. The molecule has 2 heterocycles. The van der Waals surface area contributed by atoms with Crippen molar-refractivity contribution in [3.05, 3.63) is 133 Å². The van der Waals surface area contributed by atoms with Crippen molar-refractivity contribution < 1.29 is 0 Å². The second-order valence-corrected chi connectivity index (χ2v) is 10.0. The molecule has 0 unspecified atom stereocenters. The minimum atomic E-state index is 0.600. The summed E-state index contributed by atoms with van der Waals surface area (Å²) >= 11 is 0. The van der Waals surface area contributed by atoms with E-state index in [4.69, 9.17) is 19.9 Å². The monoisotopic (exact) mass is 514 g/mol. The highest BCUT2D eigenvalue weighted by atomic mass is 15.0. The van der Waals surface area contributed by atoms with Crippen LogP contribution in [-0.2, 0) is 0 Å². The lowest BCUT2D eigenvalue weighted by molar-refractivity contribution is 1.07. The Morgan fingerprint density at radius 2 is 0.900 bits per heavy atom. The Hall–Kier alpha value is -5.22. The molecule has 0 aliphatic rings. The van der Waals surface area contributed by atoms with E-state index in [0.29, 0.717) is 17.5 Å². The molecule has 4 nitrogen and oxygen atoms in total. The van der Waals surface area contributed by atoms with Crippen LogP contribution in [0, 0.1) is 13.8 Å². The van der Waals surface area contributed by atoms with Crippen LogP contribution in [0.1, 0.15) is 11.1 Å². The van der Waals surface area contributed by atoms with E-state index >= 15 is 0 Å². The zero-order chi connectivity index (χ0) is 27.1. The van der Waals surface area contributed by atoms with Gasteiger partial charge in [-0.25, -0.2) is 15.0 Å². The Labute approximate surface area is 233 Å². The van der Waals surface area contributed by atoms with Gasteiger partial charge in [-0.15, -0.1) is 0 Å². The molecule has 7 aromatic rings. The van der Waals surface area contributed by atoms with Crippen molar-refractivity contribution in [2.24, 2.45) is 0 Å². The van der Waals surface area contributed by atoms with Gasteiger partial charge in [-0.05, 0) is 64.7 Å². The van der Waals surface area contributed by atoms with Gasteiger partial charge in [-0.2, -0.15) is 0 Å². The number of nitrogens with zero attached hydrogens (tertiary/aromatic N) is 4. The molecule has 40 heavy (non-hydrogen) atoms. The fourth-order valence-corrected chi connectivity index (χ4v) is 5.33. The predicted molar refractivity (Wildman–Crippen MR) is 164 cm³/mol. The highest BCUT2D eigenvalue weighted by molar-refractivity contribution is 6.11. The number of fused-ring (bicyclic) bond motifs is 3. The number of rotatable bonds is 4. The molecule has 0 aliphatic heterocycles. The zero-order valence-electron chi connectivity index (χ0n) is 22.3. The van der Waals surface area contributed by atoms with Gasteiger partial charge in [0.15, 0.2) is 17.5 Å². The standard InChI is InChI=1S/C36H26N4/c1-23-24(2)32-21-27(17-19-31(32)30-16-10-9-15-29(23)30)33-20-18-28(22-37-33)36-39-34(25-11-5-3-6-12-25)38-35(40-36)26-13-7-4-8-14-26/h3-22H,1-2H3. The number of aryl methyl sites for hydroxylation is 2. The van der Waals surface area contributed by atoms with Crippen molar-refractivity contribution >= 4 is 21.5 Å². The molecule has 5 aromatic carbocycles. The minimum absolute atomic E-state index is 0.600. The molecule has 2 aromatic heterocycles. The Kier molecular flexibility index (Phi) is 5.86. The smallest absolute Gasteiger partial charge is 0.165 e. The van der Waals surface area contributed by atoms with Crippen LogP contribution in [0.25, 0.3) is 67.0 Å². The van der Waals surface area contributed by atoms with Gasteiger partial charge in [-0.3, -0.25) is 4.98 Å². The molecule has 0 atom stereocenters. The molecule has 190 valence electrons. The maximum atomic E-state index is 4.85. The van der Waals surface area contributed by atoms with Crippen LogP contribution >= 0.6 is 0 Å². The summed E-state index contributed by atoms with van der Waals surface area (Å²) in [4.78, 5) is 19.3.